The van der Waals surface area contributed by atoms with Crippen LogP contribution in [0.5, 0.6) is 0 Å². The van der Waals surface area contributed by atoms with E-state index >= 15 is 0 Å². The van der Waals surface area contributed by atoms with Gasteiger partial charge in [0.25, 0.3) is 0 Å². The first-order valence-electron chi connectivity index (χ1n) is 6.65. The summed E-state index contributed by atoms with van der Waals surface area (Å²) in [7, 11) is -0.804. The molecular formula is C14H22IN3O2S. The molecule has 1 saturated heterocycles. The SMILES string of the molecule is CS(=O)Cc1ccc(CN=C(N)N2CCOCC2)cc1.I. The molecular weight excluding hydrogens is 401 g/mol. The van der Waals surface area contributed by atoms with Gasteiger partial charge in [-0.2, -0.15) is 0 Å². The molecule has 0 aromatic heterocycles. The first-order valence-corrected chi connectivity index (χ1v) is 8.38. The van der Waals surface area contributed by atoms with Gasteiger partial charge in [0, 0.05) is 35.9 Å². The predicted octanol–water partition coefficient (Wildman–Crippen LogP) is 1.33. The normalized spacial score (nSPS) is 17.2. The van der Waals surface area contributed by atoms with E-state index in [4.69, 9.17) is 10.5 Å². The van der Waals surface area contributed by atoms with Crippen molar-refractivity contribution < 1.29 is 8.95 Å². The number of hydrogen-bond acceptors (Lipinski definition) is 3. The molecule has 0 aliphatic carbocycles. The number of nitrogens with zero attached hydrogens (tertiary/aromatic N) is 2. The lowest BCUT2D eigenvalue weighted by Gasteiger charge is -2.27. The summed E-state index contributed by atoms with van der Waals surface area (Å²) in [6.45, 7) is 3.59. The molecule has 0 radical (unpaired) electrons. The molecule has 1 aromatic carbocycles. The van der Waals surface area contributed by atoms with Crippen LogP contribution in [0.3, 0.4) is 0 Å². The Bertz CT molecular complexity index is 487. The molecule has 2 N–H and O–H groups in total. The van der Waals surface area contributed by atoms with E-state index in [1.165, 1.54) is 0 Å². The Kier molecular flexibility index (Phi) is 8.20. The van der Waals surface area contributed by atoms with Gasteiger partial charge in [-0.05, 0) is 11.1 Å². The van der Waals surface area contributed by atoms with Gasteiger partial charge in [0.15, 0.2) is 5.96 Å². The Balaban J connectivity index is 0.00000220. The zero-order valence-electron chi connectivity index (χ0n) is 12.2. The third kappa shape index (κ3) is 6.31. The number of benzene rings is 1. The van der Waals surface area contributed by atoms with Crippen LogP contribution in [0.2, 0.25) is 0 Å². The van der Waals surface area contributed by atoms with E-state index in [-0.39, 0.29) is 24.0 Å². The van der Waals surface area contributed by atoms with Crippen LogP contribution in [0, 0.1) is 0 Å². The topological polar surface area (TPSA) is 67.9 Å². The standard InChI is InChI=1S/C14H21N3O2S.HI/c1-20(18)11-13-4-2-12(3-5-13)10-16-14(15)17-6-8-19-9-7-17;/h2-5H,6-11H2,1H3,(H2,15,16);1H. The number of halogens is 1. The lowest BCUT2D eigenvalue weighted by Crippen LogP contribution is -2.44. The highest BCUT2D eigenvalue weighted by Crippen LogP contribution is 2.08. The molecule has 1 fully saturated rings. The van der Waals surface area contributed by atoms with Crippen LogP contribution in [-0.4, -0.2) is 47.6 Å². The molecule has 1 aromatic rings. The van der Waals surface area contributed by atoms with Gasteiger partial charge in [-0.25, -0.2) is 4.99 Å². The van der Waals surface area contributed by atoms with Crippen LogP contribution in [0.1, 0.15) is 11.1 Å². The first-order chi connectivity index (χ1) is 9.65. The smallest absolute Gasteiger partial charge is 0.191 e. The van der Waals surface area contributed by atoms with Gasteiger partial charge in [0.2, 0.25) is 0 Å². The molecule has 0 spiro atoms. The second-order valence-corrected chi connectivity index (χ2v) is 6.24. The summed E-state index contributed by atoms with van der Waals surface area (Å²) < 4.78 is 16.4. The molecule has 1 aliphatic rings. The molecule has 1 atom stereocenters. The average molecular weight is 423 g/mol. The van der Waals surface area contributed by atoms with E-state index in [1.807, 2.05) is 29.2 Å². The van der Waals surface area contributed by atoms with E-state index in [2.05, 4.69) is 4.99 Å². The van der Waals surface area contributed by atoms with Gasteiger partial charge in [-0.15, -0.1) is 24.0 Å². The second-order valence-electron chi connectivity index (χ2n) is 4.81. The third-order valence-electron chi connectivity index (χ3n) is 3.15. The number of morpholine rings is 1. The minimum Gasteiger partial charge on any atom is -0.378 e. The summed E-state index contributed by atoms with van der Waals surface area (Å²) in [5.74, 6) is 1.17. The van der Waals surface area contributed by atoms with Crippen molar-refractivity contribution in [2.24, 2.45) is 10.7 Å². The minimum atomic E-state index is -0.804. The molecule has 21 heavy (non-hydrogen) atoms. The van der Waals surface area contributed by atoms with E-state index in [9.17, 15) is 4.21 Å². The van der Waals surface area contributed by atoms with Gasteiger partial charge >= 0.3 is 0 Å². The molecule has 0 saturated carbocycles. The van der Waals surface area contributed by atoms with Crippen LogP contribution < -0.4 is 5.73 Å². The quantitative estimate of drug-likeness (QED) is 0.451. The van der Waals surface area contributed by atoms with Crippen LogP contribution >= 0.6 is 24.0 Å². The molecule has 0 amide bonds. The van der Waals surface area contributed by atoms with Crippen LogP contribution in [0.25, 0.3) is 0 Å². The van der Waals surface area contributed by atoms with Gasteiger partial charge in [-0.3, -0.25) is 4.21 Å². The molecule has 7 heteroatoms. The van der Waals surface area contributed by atoms with Crippen LogP contribution in [0.4, 0.5) is 0 Å². The first kappa shape index (κ1) is 18.4. The minimum absolute atomic E-state index is 0. The summed E-state index contributed by atoms with van der Waals surface area (Å²) in [6, 6.07) is 8.02. The zero-order valence-corrected chi connectivity index (χ0v) is 15.3. The summed E-state index contributed by atoms with van der Waals surface area (Å²) in [5, 5.41) is 0. The molecule has 0 bridgehead atoms. The highest BCUT2D eigenvalue weighted by Gasteiger charge is 2.11. The fourth-order valence-electron chi connectivity index (χ4n) is 2.04. The van der Waals surface area contributed by atoms with Crippen molar-refractivity contribution in [3.63, 3.8) is 0 Å². The maximum Gasteiger partial charge on any atom is 0.191 e. The molecule has 1 aliphatic heterocycles. The summed E-state index contributed by atoms with van der Waals surface area (Å²) in [5.41, 5.74) is 8.16. The highest BCUT2D eigenvalue weighted by molar-refractivity contribution is 14.0. The lowest BCUT2D eigenvalue weighted by atomic mass is 10.1. The van der Waals surface area contributed by atoms with E-state index in [1.54, 1.807) is 6.26 Å². The molecule has 118 valence electrons. The number of nitrogens with two attached hydrogens (primary N) is 1. The Morgan fingerprint density at radius 1 is 1.29 bits per heavy atom. The zero-order chi connectivity index (χ0) is 14.4. The van der Waals surface area contributed by atoms with Gasteiger partial charge < -0.3 is 15.4 Å². The van der Waals surface area contributed by atoms with Crippen molar-refractivity contribution in [3.05, 3.63) is 35.4 Å². The van der Waals surface area contributed by atoms with Crippen molar-refractivity contribution in [2.75, 3.05) is 32.6 Å². The number of aliphatic imine (C=N–C) groups is 1. The van der Waals surface area contributed by atoms with Crippen molar-refractivity contribution >= 4 is 40.7 Å². The van der Waals surface area contributed by atoms with Crippen LogP contribution in [-0.2, 0) is 27.8 Å². The molecule has 1 heterocycles. The van der Waals surface area contributed by atoms with Gasteiger partial charge in [-0.1, -0.05) is 24.3 Å². The third-order valence-corrected chi connectivity index (χ3v) is 3.89. The number of ether oxygens (including phenoxy) is 1. The maximum absolute atomic E-state index is 11.1. The summed E-state index contributed by atoms with van der Waals surface area (Å²) in [4.78, 5) is 6.45. The fourth-order valence-corrected chi connectivity index (χ4v) is 2.70. The number of hydrogen-bond donors (Lipinski definition) is 1. The lowest BCUT2D eigenvalue weighted by molar-refractivity contribution is 0.0674. The van der Waals surface area contributed by atoms with E-state index < -0.39 is 10.8 Å². The van der Waals surface area contributed by atoms with Crippen LogP contribution in [0.15, 0.2) is 29.3 Å². The van der Waals surface area contributed by atoms with E-state index in [0.29, 0.717) is 31.5 Å². The average Bonchev–Trinajstić information content (AvgIpc) is 2.46. The van der Waals surface area contributed by atoms with Crippen molar-refractivity contribution in [2.45, 2.75) is 12.3 Å². The monoisotopic (exact) mass is 423 g/mol. The fraction of sp³-hybridized carbons (Fsp3) is 0.500. The largest absolute Gasteiger partial charge is 0.378 e. The van der Waals surface area contributed by atoms with Crippen molar-refractivity contribution in [3.8, 4) is 0 Å². The summed E-state index contributed by atoms with van der Waals surface area (Å²) in [6.07, 6.45) is 1.71. The molecule has 5 nitrogen and oxygen atoms in total. The summed E-state index contributed by atoms with van der Waals surface area (Å²) >= 11 is 0. The molecule has 2 rings (SSSR count). The number of rotatable bonds is 4. The number of guanidine groups is 1. The van der Waals surface area contributed by atoms with Gasteiger partial charge in [0.1, 0.15) is 0 Å². The second kappa shape index (κ2) is 9.37. The Labute approximate surface area is 145 Å². The van der Waals surface area contributed by atoms with E-state index in [0.717, 1.165) is 24.2 Å². The maximum atomic E-state index is 11.1. The molecule has 1 unspecified atom stereocenters. The Morgan fingerprint density at radius 3 is 2.43 bits per heavy atom. The Hall–Kier alpha value is -0.670. The predicted molar refractivity (Wildman–Crippen MR) is 97.3 cm³/mol. The van der Waals surface area contributed by atoms with Crippen molar-refractivity contribution in [1.29, 1.82) is 0 Å². The van der Waals surface area contributed by atoms with Gasteiger partial charge in [0.05, 0.1) is 19.8 Å². The highest BCUT2D eigenvalue weighted by atomic mass is 127. The van der Waals surface area contributed by atoms with Crippen molar-refractivity contribution in [1.82, 2.24) is 4.90 Å². The Morgan fingerprint density at radius 2 is 1.86 bits per heavy atom.